The highest BCUT2D eigenvalue weighted by molar-refractivity contribution is 7.99. The van der Waals surface area contributed by atoms with E-state index in [0.29, 0.717) is 0 Å². The molecule has 0 atom stereocenters. The molecule has 1 N–H and O–H groups in total. The Hall–Kier alpha value is -1.14. The highest BCUT2D eigenvalue weighted by atomic mass is 32.2. The van der Waals surface area contributed by atoms with Crippen LogP contribution in [0.3, 0.4) is 0 Å². The number of rotatable bonds is 7. The number of anilines is 1. The molecule has 1 aliphatic rings. The molecule has 0 unspecified atom stereocenters. The van der Waals surface area contributed by atoms with Crippen molar-refractivity contribution >= 4 is 17.4 Å². The number of nitrogens with zero attached hydrogens (tertiary/aromatic N) is 1. The zero-order chi connectivity index (χ0) is 14.2. The van der Waals surface area contributed by atoms with Crippen molar-refractivity contribution in [1.82, 2.24) is 0 Å². The van der Waals surface area contributed by atoms with E-state index in [9.17, 15) is 5.26 Å². The van der Waals surface area contributed by atoms with Gasteiger partial charge in [0.15, 0.2) is 0 Å². The van der Waals surface area contributed by atoms with Gasteiger partial charge in [0.2, 0.25) is 0 Å². The monoisotopic (exact) mass is 288 g/mol. The molecule has 1 aromatic carbocycles. The summed E-state index contributed by atoms with van der Waals surface area (Å²) in [6.45, 7) is 3.10. The first-order chi connectivity index (χ1) is 9.85. The molecule has 1 saturated carbocycles. The zero-order valence-electron chi connectivity index (χ0n) is 12.3. The minimum absolute atomic E-state index is 0.806. The largest absolute Gasteiger partial charge is 0.384 e. The Morgan fingerprint density at radius 2 is 2.15 bits per heavy atom. The molecule has 108 valence electrons. The summed E-state index contributed by atoms with van der Waals surface area (Å²) in [5.74, 6) is 1.95. The first-order valence-corrected chi connectivity index (χ1v) is 8.73. The second kappa shape index (κ2) is 8.21. The maximum absolute atomic E-state index is 9.35. The van der Waals surface area contributed by atoms with E-state index in [1.165, 1.54) is 38.5 Å². The van der Waals surface area contributed by atoms with Crippen LogP contribution in [0.5, 0.6) is 0 Å². The average Bonchev–Trinajstić information content (AvgIpc) is 2.97. The fourth-order valence-electron chi connectivity index (χ4n) is 2.98. The van der Waals surface area contributed by atoms with Gasteiger partial charge in [0.1, 0.15) is 6.07 Å². The first-order valence-electron chi connectivity index (χ1n) is 7.75. The molecule has 2 nitrogen and oxygen atoms in total. The molecule has 0 heterocycles. The lowest BCUT2D eigenvalue weighted by Crippen LogP contribution is -2.06. The van der Waals surface area contributed by atoms with E-state index in [-0.39, 0.29) is 0 Å². The Labute approximate surface area is 127 Å². The second-order valence-electron chi connectivity index (χ2n) is 5.44. The Bertz CT molecular complexity index is 459. The van der Waals surface area contributed by atoms with Crippen molar-refractivity contribution in [2.24, 2.45) is 5.92 Å². The summed E-state index contributed by atoms with van der Waals surface area (Å²) < 4.78 is 0. The van der Waals surface area contributed by atoms with Crippen LogP contribution in [0.15, 0.2) is 23.1 Å². The second-order valence-corrected chi connectivity index (χ2v) is 6.75. The summed E-state index contributed by atoms with van der Waals surface area (Å²) in [7, 11) is 0. The molecule has 0 bridgehead atoms. The molecule has 0 radical (unpaired) electrons. The van der Waals surface area contributed by atoms with Gasteiger partial charge in [-0.25, -0.2) is 0 Å². The van der Waals surface area contributed by atoms with Gasteiger partial charge in [-0.3, -0.25) is 0 Å². The highest BCUT2D eigenvalue weighted by Gasteiger charge is 2.14. The van der Waals surface area contributed by atoms with Gasteiger partial charge in [0.25, 0.3) is 0 Å². The molecule has 20 heavy (non-hydrogen) atoms. The lowest BCUT2D eigenvalue weighted by Gasteiger charge is -2.12. The van der Waals surface area contributed by atoms with E-state index in [2.05, 4.69) is 18.3 Å². The Balaban J connectivity index is 1.85. The first kappa shape index (κ1) is 15.3. The van der Waals surface area contributed by atoms with Crippen molar-refractivity contribution in [3.05, 3.63) is 23.8 Å². The summed E-state index contributed by atoms with van der Waals surface area (Å²) in [6.07, 6.45) is 8.23. The molecule has 0 spiro atoms. The van der Waals surface area contributed by atoms with E-state index in [0.717, 1.165) is 34.4 Å². The van der Waals surface area contributed by atoms with Gasteiger partial charge in [0, 0.05) is 11.4 Å². The third kappa shape index (κ3) is 4.18. The van der Waals surface area contributed by atoms with E-state index >= 15 is 0 Å². The fraction of sp³-hybridized carbons (Fsp3) is 0.588. The summed E-state index contributed by atoms with van der Waals surface area (Å²) >= 11 is 1.74. The van der Waals surface area contributed by atoms with Crippen LogP contribution < -0.4 is 5.32 Å². The van der Waals surface area contributed by atoms with E-state index in [1.807, 2.05) is 18.2 Å². The van der Waals surface area contributed by atoms with E-state index < -0.39 is 0 Å². The zero-order valence-corrected chi connectivity index (χ0v) is 13.1. The van der Waals surface area contributed by atoms with Crippen LogP contribution in [0.1, 0.15) is 51.0 Å². The standard InChI is InChI=1S/C17H24N2S/c1-2-20-17-11-5-10-16(15(17)13-18)19-12-6-9-14-7-3-4-8-14/h5,10-11,14,19H,2-4,6-9,12H2,1H3. The van der Waals surface area contributed by atoms with Crippen molar-refractivity contribution in [2.45, 2.75) is 50.3 Å². The quantitative estimate of drug-likeness (QED) is 0.563. The normalized spacial score (nSPS) is 15.2. The minimum atomic E-state index is 0.806. The number of nitrogens with one attached hydrogen (secondary N) is 1. The molecular formula is C17H24N2S. The lowest BCUT2D eigenvalue weighted by molar-refractivity contribution is 0.491. The van der Waals surface area contributed by atoms with Crippen molar-refractivity contribution in [3.63, 3.8) is 0 Å². The molecule has 3 heteroatoms. The van der Waals surface area contributed by atoms with E-state index in [4.69, 9.17) is 0 Å². The number of nitriles is 1. The molecule has 0 aliphatic heterocycles. The van der Waals surface area contributed by atoms with Crippen molar-refractivity contribution < 1.29 is 0 Å². The van der Waals surface area contributed by atoms with Crippen LogP contribution in [0, 0.1) is 17.2 Å². The molecule has 1 fully saturated rings. The number of thioether (sulfide) groups is 1. The average molecular weight is 288 g/mol. The Kier molecular flexibility index (Phi) is 6.26. The van der Waals surface area contributed by atoms with Crippen LogP contribution in [0.2, 0.25) is 0 Å². The summed E-state index contributed by atoms with van der Waals surface area (Å²) in [6, 6.07) is 8.45. The third-order valence-electron chi connectivity index (χ3n) is 4.02. The van der Waals surface area contributed by atoms with Crippen LogP contribution >= 0.6 is 11.8 Å². The van der Waals surface area contributed by atoms with Gasteiger partial charge in [-0.1, -0.05) is 38.7 Å². The van der Waals surface area contributed by atoms with Crippen molar-refractivity contribution in [3.8, 4) is 6.07 Å². The molecule has 1 aliphatic carbocycles. The van der Waals surface area contributed by atoms with E-state index in [1.54, 1.807) is 11.8 Å². The van der Waals surface area contributed by atoms with Crippen LogP contribution in [0.4, 0.5) is 5.69 Å². The van der Waals surface area contributed by atoms with Gasteiger partial charge in [0.05, 0.1) is 11.3 Å². The third-order valence-corrected chi connectivity index (χ3v) is 4.96. The topological polar surface area (TPSA) is 35.8 Å². The predicted octanol–water partition coefficient (Wildman–Crippen LogP) is 5.05. The summed E-state index contributed by atoms with van der Waals surface area (Å²) in [4.78, 5) is 1.09. The molecule has 0 amide bonds. The molecule has 0 saturated heterocycles. The van der Waals surface area contributed by atoms with Gasteiger partial charge >= 0.3 is 0 Å². The molecule has 2 rings (SSSR count). The highest BCUT2D eigenvalue weighted by Crippen LogP contribution is 2.29. The predicted molar refractivity (Wildman–Crippen MR) is 87.2 cm³/mol. The van der Waals surface area contributed by atoms with Gasteiger partial charge in [-0.2, -0.15) is 5.26 Å². The van der Waals surface area contributed by atoms with Gasteiger partial charge < -0.3 is 5.32 Å². The maximum Gasteiger partial charge on any atom is 0.102 e. The number of benzene rings is 1. The smallest absolute Gasteiger partial charge is 0.102 e. The van der Waals surface area contributed by atoms with Crippen LogP contribution in [-0.2, 0) is 0 Å². The maximum atomic E-state index is 9.35. The number of hydrogen-bond acceptors (Lipinski definition) is 3. The molecule has 0 aromatic heterocycles. The van der Waals surface area contributed by atoms with Gasteiger partial charge in [-0.15, -0.1) is 11.8 Å². The number of hydrogen-bond donors (Lipinski definition) is 1. The van der Waals surface area contributed by atoms with Gasteiger partial charge in [-0.05, 0) is 36.6 Å². The lowest BCUT2D eigenvalue weighted by atomic mass is 10.0. The van der Waals surface area contributed by atoms with Crippen molar-refractivity contribution in [2.75, 3.05) is 17.6 Å². The Morgan fingerprint density at radius 1 is 1.35 bits per heavy atom. The van der Waals surface area contributed by atoms with Crippen LogP contribution in [-0.4, -0.2) is 12.3 Å². The van der Waals surface area contributed by atoms with Crippen molar-refractivity contribution in [1.29, 1.82) is 5.26 Å². The minimum Gasteiger partial charge on any atom is -0.384 e. The van der Waals surface area contributed by atoms with Crippen LogP contribution in [0.25, 0.3) is 0 Å². The fourth-order valence-corrected chi connectivity index (χ4v) is 3.77. The molecule has 1 aromatic rings. The summed E-state index contributed by atoms with van der Waals surface area (Å²) in [5, 5.41) is 12.8. The Morgan fingerprint density at radius 3 is 2.85 bits per heavy atom. The summed E-state index contributed by atoms with van der Waals surface area (Å²) in [5.41, 5.74) is 1.80. The SMILES string of the molecule is CCSc1cccc(NCCCC2CCCC2)c1C#N. The molecular weight excluding hydrogens is 264 g/mol.